The van der Waals surface area contributed by atoms with Crippen LogP contribution in [0.25, 0.3) is 11.0 Å². The molecule has 2 bridgehead atoms. The van der Waals surface area contributed by atoms with Crippen LogP contribution in [0.15, 0.2) is 27.1 Å². The number of hydrogen-bond acceptors (Lipinski definition) is 4. The van der Waals surface area contributed by atoms with Crippen LogP contribution in [0.3, 0.4) is 0 Å². The highest BCUT2D eigenvalue weighted by atomic mass is 79.9. The van der Waals surface area contributed by atoms with Gasteiger partial charge in [-0.05, 0) is 61.3 Å². The SMILES string of the molecule is Cc1cc(Br)cc2cc(C(=O)NC[C@@H]3C[C@H]4C[C@@H]3[C@H](O)[C@@H]4O)oc12. The van der Waals surface area contributed by atoms with Crippen LogP contribution in [0, 0.1) is 24.7 Å². The molecule has 6 heteroatoms. The average Bonchev–Trinajstić information content (AvgIpc) is 3.20. The smallest absolute Gasteiger partial charge is 0.287 e. The number of hydrogen-bond donors (Lipinski definition) is 3. The fourth-order valence-corrected chi connectivity index (χ4v) is 4.96. The summed E-state index contributed by atoms with van der Waals surface area (Å²) in [6.07, 6.45) is 0.450. The zero-order valence-electron chi connectivity index (χ0n) is 13.3. The van der Waals surface area contributed by atoms with Gasteiger partial charge < -0.3 is 19.9 Å². The van der Waals surface area contributed by atoms with Crippen molar-refractivity contribution in [3.05, 3.63) is 34.0 Å². The summed E-state index contributed by atoms with van der Waals surface area (Å²) in [4.78, 5) is 12.4. The molecule has 0 saturated heterocycles. The Balaban J connectivity index is 1.45. The van der Waals surface area contributed by atoms with E-state index in [-0.39, 0.29) is 23.7 Å². The van der Waals surface area contributed by atoms with E-state index in [1.165, 1.54) is 0 Å². The van der Waals surface area contributed by atoms with Gasteiger partial charge in [-0.1, -0.05) is 15.9 Å². The van der Waals surface area contributed by atoms with Crippen molar-refractivity contribution in [2.75, 3.05) is 6.54 Å². The molecular weight excluding hydrogens is 374 g/mol. The third-order valence-electron chi connectivity index (χ3n) is 5.57. The second kappa shape index (κ2) is 5.86. The Morgan fingerprint density at radius 3 is 2.79 bits per heavy atom. The molecule has 1 aromatic carbocycles. The fraction of sp³-hybridized carbons (Fsp3) is 0.500. The first-order chi connectivity index (χ1) is 11.4. The molecule has 2 aliphatic carbocycles. The molecule has 0 spiro atoms. The number of carbonyl (C=O) groups is 1. The van der Waals surface area contributed by atoms with Gasteiger partial charge in [-0.15, -0.1) is 0 Å². The third-order valence-corrected chi connectivity index (χ3v) is 6.03. The number of furan rings is 1. The molecule has 1 amide bonds. The Bertz CT molecular complexity index is 800. The summed E-state index contributed by atoms with van der Waals surface area (Å²) in [5.74, 6) is 0.532. The minimum atomic E-state index is -0.656. The van der Waals surface area contributed by atoms with E-state index < -0.39 is 12.2 Å². The summed E-state index contributed by atoms with van der Waals surface area (Å²) < 4.78 is 6.66. The van der Waals surface area contributed by atoms with Crippen LogP contribution < -0.4 is 5.32 Å². The molecule has 0 radical (unpaired) electrons. The minimum Gasteiger partial charge on any atom is -0.451 e. The molecule has 1 aromatic heterocycles. The Labute approximate surface area is 148 Å². The molecule has 24 heavy (non-hydrogen) atoms. The van der Waals surface area contributed by atoms with E-state index in [2.05, 4.69) is 21.2 Å². The molecule has 0 aliphatic heterocycles. The largest absolute Gasteiger partial charge is 0.451 e. The summed E-state index contributed by atoms with van der Waals surface area (Å²) in [5.41, 5.74) is 1.70. The van der Waals surface area contributed by atoms with Crippen molar-refractivity contribution in [2.45, 2.75) is 32.0 Å². The van der Waals surface area contributed by atoms with Gasteiger partial charge in [-0.25, -0.2) is 0 Å². The molecule has 5 atom stereocenters. The fourth-order valence-electron chi connectivity index (χ4n) is 4.37. The number of aryl methyl sites for hydroxylation is 1. The van der Waals surface area contributed by atoms with E-state index in [9.17, 15) is 15.0 Å². The van der Waals surface area contributed by atoms with Crippen LogP contribution in [0.1, 0.15) is 29.0 Å². The lowest BCUT2D eigenvalue weighted by molar-refractivity contribution is -0.0332. The number of amides is 1. The van der Waals surface area contributed by atoms with Crippen molar-refractivity contribution in [2.24, 2.45) is 17.8 Å². The molecule has 2 aromatic rings. The Morgan fingerprint density at radius 2 is 2.08 bits per heavy atom. The summed E-state index contributed by atoms with van der Waals surface area (Å²) in [7, 11) is 0. The zero-order valence-corrected chi connectivity index (χ0v) is 14.9. The molecule has 2 fully saturated rings. The van der Waals surface area contributed by atoms with Gasteiger partial charge in [-0.2, -0.15) is 0 Å². The molecule has 2 aliphatic rings. The maximum absolute atomic E-state index is 12.4. The summed E-state index contributed by atoms with van der Waals surface area (Å²) in [6, 6.07) is 5.63. The maximum Gasteiger partial charge on any atom is 0.287 e. The number of aliphatic hydroxyl groups is 2. The van der Waals surface area contributed by atoms with Crippen LogP contribution in [-0.4, -0.2) is 34.9 Å². The van der Waals surface area contributed by atoms with E-state index >= 15 is 0 Å². The average molecular weight is 394 g/mol. The molecule has 1 heterocycles. The minimum absolute atomic E-state index is 0.0826. The summed E-state index contributed by atoms with van der Waals surface area (Å²) in [5, 5.41) is 23.7. The first-order valence-corrected chi connectivity index (χ1v) is 9.07. The third kappa shape index (κ3) is 2.57. The van der Waals surface area contributed by atoms with Crippen molar-refractivity contribution in [3.8, 4) is 0 Å². The predicted octanol–water partition coefficient (Wildman–Crippen LogP) is 2.61. The lowest BCUT2D eigenvalue weighted by Crippen LogP contribution is -2.41. The van der Waals surface area contributed by atoms with Crippen LogP contribution in [0.2, 0.25) is 0 Å². The van der Waals surface area contributed by atoms with Crippen molar-refractivity contribution in [1.82, 2.24) is 5.32 Å². The van der Waals surface area contributed by atoms with Crippen molar-refractivity contribution < 1.29 is 19.4 Å². The van der Waals surface area contributed by atoms with Crippen LogP contribution >= 0.6 is 15.9 Å². The second-order valence-electron chi connectivity index (χ2n) is 7.10. The van der Waals surface area contributed by atoms with Gasteiger partial charge in [0.05, 0.1) is 12.2 Å². The number of rotatable bonds is 3. The van der Waals surface area contributed by atoms with Gasteiger partial charge in [0.2, 0.25) is 0 Å². The molecule has 128 valence electrons. The normalized spacial score (nSPS) is 31.8. The Hall–Kier alpha value is -1.37. The molecule has 4 rings (SSSR count). The molecule has 3 N–H and O–H groups in total. The van der Waals surface area contributed by atoms with Crippen molar-refractivity contribution >= 4 is 32.8 Å². The first kappa shape index (κ1) is 16.1. The van der Waals surface area contributed by atoms with Crippen LogP contribution in [0.4, 0.5) is 0 Å². The molecule has 2 saturated carbocycles. The first-order valence-electron chi connectivity index (χ1n) is 8.28. The Morgan fingerprint density at radius 1 is 1.29 bits per heavy atom. The van der Waals surface area contributed by atoms with E-state index in [1.807, 2.05) is 19.1 Å². The van der Waals surface area contributed by atoms with Crippen LogP contribution in [0.5, 0.6) is 0 Å². The number of fused-ring (bicyclic) bond motifs is 3. The standard InChI is InChI=1S/C18H20BrNO4/c1-8-2-12(19)4-10-6-14(24-17(8)10)18(23)20-7-11-3-9-5-13(11)16(22)15(9)21/h2,4,6,9,11,13,15-16,21-22H,3,5,7H2,1H3,(H,20,23)/t9-,11-,13-,15+,16-/m0/s1. The van der Waals surface area contributed by atoms with Gasteiger partial charge in [-0.3, -0.25) is 4.79 Å². The summed E-state index contributed by atoms with van der Waals surface area (Å²) >= 11 is 3.45. The van der Waals surface area contributed by atoms with Gasteiger partial charge >= 0.3 is 0 Å². The quantitative estimate of drug-likeness (QED) is 0.748. The van der Waals surface area contributed by atoms with Gasteiger partial charge in [0, 0.05) is 16.4 Å². The van der Waals surface area contributed by atoms with E-state index in [0.29, 0.717) is 12.3 Å². The number of aliphatic hydroxyl groups excluding tert-OH is 2. The van der Waals surface area contributed by atoms with E-state index in [4.69, 9.17) is 4.42 Å². The monoisotopic (exact) mass is 393 g/mol. The van der Waals surface area contributed by atoms with Gasteiger partial charge in [0.15, 0.2) is 5.76 Å². The summed E-state index contributed by atoms with van der Waals surface area (Å²) in [6.45, 7) is 2.45. The topological polar surface area (TPSA) is 82.7 Å². The second-order valence-corrected chi connectivity index (χ2v) is 8.01. The van der Waals surface area contributed by atoms with Gasteiger partial charge in [0.1, 0.15) is 5.58 Å². The van der Waals surface area contributed by atoms with Gasteiger partial charge in [0.25, 0.3) is 5.91 Å². The van der Waals surface area contributed by atoms with Crippen molar-refractivity contribution in [3.63, 3.8) is 0 Å². The lowest BCUT2D eigenvalue weighted by atomic mass is 9.85. The van der Waals surface area contributed by atoms with E-state index in [0.717, 1.165) is 33.8 Å². The highest BCUT2D eigenvalue weighted by molar-refractivity contribution is 9.10. The van der Waals surface area contributed by atoms with Crippen LogP contribution in [-0.2, 0) is 0 Å². The number of nitrogens with one attached hydrogen (secondary N) is 1. The lowest BCUT2D eigenvalue weighted by Gasteiger charge is -2.29. The Kier molecular flexibility index (Phi) is 3.94. The maximum atomic E-state index is 12.4. The highest BCUT2D eigenvalue weighted by Crippen LogP contribution is 2.48. The molecule has 0 unspecified atom stereocenters. The predicted molar refractivity (Wildman–Crippen MR) is 92.7 cm³/mol. The number of benzene rings is 1. The highest BCUT2D eigenvalue weighted by Gasteiger charge is 2.51. The zero-order chi connectivity index (χ0) is 17.0. The van der Waals surface area contributed by atoms with Crippen molar-refractivity contribution in [1.29, 1.82) is 0 Å². The number of carbonyl (C=O) groups excluding carboxylic acids is 1. The molecule has 5 nitrogen and oxygen atoms in total. The molecular formula is C18H20BrNO4. The van der Waals surface area contributed by atoms with E-state index in [1.54, 1.807) is 6.07 Å². The number of halogens is 1.